The molecule has 0 fully saturated rings. The molecule has 0 saturated heterocycles. The zero-order valence-corrected chi connectivity index (χ0v) is 27.1. The number of halogens is 1. The molecule has 0 unspecified atom stereocenters. The zero-order chi connectivity index (χ0) is 32.5. The predicted octanol–water partition coefficient (Wildman–Crippen LogP) is 9.29. The van der Waals surface area contributed by atoms with Crippen molar-refractivity contribution in [2.24, 2.45) is 0 Å². The molecule has 2 N–H and O–H groups in total. The van der Waals surface area contributed by atoms with Crippen molar-refractivity contribution in [3.05, 3.63) is 51.5 Å². The average molecular weight is 631 g/mol. The van der Waals surface area contributed by atoms with Crippen LogP contribution in [0.1, 0.15) is 154 Å². The number of esters is 2. The summed E-state index contributed by atoms with van der Waals surface area (Å²) >= 11 is 5.97. The number of carbonyl (C=O) groups excluding carboxylic acids is 4. The van der Waals surface area contributed by atoms with Gasteiger partial charge in [-0.15, -0.1) is 0 Å². The first-order chi connectivity index (χ1) is 21.2. The quantitative estimate of drug-likeness (QED) is 0.0459. The Bertz CT molecular complexity index is 1250. The van der Waals surface area contributed by atoms with Crippen molar-refractivity contribution < 1.29 is 38.9 Å². The maximum absolute atomic E-state index is 13.8. The summed E-state index contributed by atoms with van der Waals surface area (Å²) in [5.41, 5.74) is -0.815. The summed E-state index contributed by atoms with van der Waals surface area (Å²) in [7, 11) is 0. The SMILES string of the molecule is CCCCCCC(=O)Oc1c(O)c(O)c(C(=O)CCCCCC)c(C(=O)OCc2ccc(Cl)cc2)c1C(=O)CCCCCC. The van der Waals surface area contributed by atoms with E-state index in [2.05, 4.69) is 0 Å². The minimum atomic E-state index is -1.05. The van der Waals surface area contributed by atoms with Gasteiger partial charge in [0.2, 0.25) is 5.75 Å². The first-order valence-electron chi connectivity index (χ1n) is 16.0. The number of Topliss-reactive ketones (excluding diaryl/α,β-unsaturated/α-hetero) is 2. The molecule has 242 valence electrons. The van der Waals surface area contributed by atoms with E-state index in [1.807, 2.05) is 20.8 Å². The summed E-state index contributed by atoms with van der Waals surface area (Å²) in [6.45, 7) is 5.89. The molecule has 0 aliphatic rings. The summed E-state index contributed by atoms with van der Waals surface area (Å²) in [4.78, 5) is 53.9. The van der Waals surface area contributed by atoms with E-state index in [1.165, 1.54) is 0 Å². The van der Waals surface area contributed by atoms with Crippen LogP contribution >= 0.6 is 11.6 Å². The van der Waals surface area contributed by atoms with Gasteiger partial charge in [0, 0.05) is 24.3 Å². The van der Waals surface area contributed by atoms with Crippen molar-refractivity contribution in [1.29, 1.82) is 0 Å². The van der Waals surface area contributed by atoms with E-state index < -0.39 is 57.4 Å². The molecule has 2 aromatic carbocycles. The normalized spacial score (nSPS) is 10.9. The maximum atomic E-state index is 13.8. The number of aromatic hydroxyl groups is 2. The number of phenolic OH excluding ortho intramolecular Hbond substituents is 2. The van der Waals surface area contributed by atoms with Gasteiger partial charge in [0.15, 0.2) is 23.1 Å². The van der Waals surface area contributed by atoms with Crippen LogP contribution in [0, 0.1) is 0 Å². The van der Waals surface area contributed by atoms with Gasteiger partial charge in [0.25, 0.3) is 0 Å². The molecule has 0 aliphatic heterocycles. The Hall–Kier alpha value is -3.39. The minimum Gasteiger partial charge on any atom is -0.504 e. The van der Waals surface area contributed by atoms with Crippen molar-refractivity contribution >= 4 is 35.1 Å². The van der Waals surface area contributed by atoms with Crippen molar-refractivity contribution in [3.8, 4) is 17.2 Å². The fraction of sp³-hybridized carbons (Fsp3) is 0.543. The third-order valence-corrected chi connectivity index (χ3v) is 7.67. The third-order valence-electron chi connectivity index (χ3n) is 7.41. The number of ether oxygens (including phenoxy) is 2. The molecular weight excluding hydrogens is 584 g/mol. The first kappa shape index (κ1) is 36.8. The predicted molar refractivity (Wildman–Crippen MR) is 171 cm³/mol. The Kier molecular flexibility index (Phi) is 16.6. The Morgan fingerprint density at radius 2 is 1.14 bits per heavy atom. The lowest BCUT2D eigenvalue weighted by Crippen LogP contribution is -2.21. The fourth-order valence-electron chi connectivity index (χ4n) is 4.88. The van der Waals surface area contributed by atoms with Crippen LogP contribution in [-0.4, -0.2) is 33.7 Å². The van der Waals surface area contributed by atoms with Gasteiger partial charge < -0.3 is 19.7 Å². The maximum Gasteiger partial charge on any atom is 0.340 e. The zero-order valence-electron chi connectivity index (χ0n) is 26.3. The Morgan fingerprint density at radius 1 is 0.636 bits per heavy atom. The number of carbonyl (C=O) groups is 4. The molecule has 0 radical (unpaired) electrons. The van der Waals surface area contributed by atoms with Crippen LogP contribution in [0.4, 0.5) is 0 Å². The molecule has 2 aromatic rings. The summed E-state index contributed by atoms with van der Waals surface area (Å²) < 4.78 is 11.0. The Morgan fingerprint density at radius 3 is 1.66 bits per heavy atom. The highest BCUT2D eigenvalue weighted by atomic mass is 35.5. The van der Waals surface area contributed by atoms with Crippen LogP contribution < -0.4 is 4.74 Å². The van der Waals surface area contributed by atoms with Crippen molar-refractivity contribution in [2.75, 3.05) is 0 Å². The molecule has 0 aliphatic carbocycles. The number of hydrogen-bond acceptors (Lipinski definition) is 8. The molecule has 0 heterocycles. The molecular formula is C35H47ClO8. The molecule has 0 amide bonds. The van der Waals surface area contributed by atoms with Crippen LogP contribution in [-0.2, 0) is 16.1 Å². The molecule has 2 rings (SSSR count). The highest BCUT2D eigenvalue weighted by molar-refractivity contribution is 6.30. The van der Waals surface area contributed by atoms with Gasteiger partial charge in [-0.1, -0.05) is 102 Å². The Labute approximate surface area is 266 Å². The second-order valence-electron chi connectivity index (χ2n) is 11.1. The van der Waals surface area contributed by atoms with Gasteiger partial charge in [-0.25, -0.2) is 4.79 Å². The van der Waals surface area contributed by atoms with Gasteiger partial charge in [0.1, 0.15) is 6.61 Å². The third kappa shape index (κ3) is 11.3. The van der Waals surface area contributed by atoms with Crippen LogP contribution in [0.15, 0.2) is 24.3 Å². The summed E-state index contributed by atoms with van der Waals surface area (Å²) in [5, 5.41) is 22.7. The standard InChI is InChI=1S/C35H47ClO8/c1-4-7-10-13-16-26(37)29-31(35(42)43-23-24-19-21-25(36)22-20-24)30(27(38)17-14-11-8-5-2)34(33(41)32(29)40)44-28(39)18-15-12-9-6-3/h19-22,40-41H,4-18,23H2,1-3H3. The van der Waals surface area contributed by atoms with Crippen molar-refractivity contribution in [3.63, 3.8) is 0 Å². The van der Waals surface area contributed by atoms with E-state index in [4.69, 9.17) is 21.1 Å². The number of benzene rings is 2. The Balaban J connectivity index is 2.64. The lowest BCUT2D eigenvalue weighted by Gasteiger charge is -2.20. The molecule has 0 atom stereocenters. The van der Waals surface area contributed by atoms with Gasteiger partial charge in [-0.2, -0.15) is 0 Å². The van der Waals surface area contributed by atoms with Crippen LogP contribution in [0.5, 0.6) is 17.2 Å². The van der Waals surface area contributed by atoms with E-state index in [1.54, 1.807) is 24.3 Å². The van der Waals surface area contributed by atoms with E-state index >= 15 is 0 Å². The topological polar surface area (TPSA) is 127 Å². The monoisotopic (exact) mass is 630 g/mol. The summed E-state index contributed by atoms with van der Waals surface area (Å²) in [5.74, 6) is -5.45. The van der Waals surface area contributed by atoms with E-state index in [-0.39, 0.29) is 25.9 Å². The molecule has 0 saturated carbocycles. The molecule has 0 spiro atoms. The van der Waals surface area contributed by atoms with Crippen LogP contribution in [0.2, 0.25) is 5.02 Å². The second kappa shape index (κ2) is 19.8. The number of rotatable bonds is 21. The van der Waals surface area contributed by atoms with Crippen LogP contribution in [0.3, 0.4) is 0 Å². The molecule has 9 heteroatoms. The molecule has 0 aromatic heterocycles. The molecule has 44 heavy (non-hydrogen) atoms. The van der Waals surface area contributed by atoms with E-state index in [0.717, 1.165) is 57.8 Å². The van der Waals surface area contributed by atoms with Gasteiger partial charge >= 0.3 is 11.9 Å². The summed E-state index contributed by atoms with van der Waals surface area (Å²) in [6, 6.07) is 6.59. The lowest BCUT2D eigenvalue weighted by atomic mass is 9.89. The van der Waals surface area contributed by atoms with E-state index in [9.17, 15) is 29.4 Å². The number of hydrogen-bond donors (Lipinski definition) is 2. The lowest BCUT2D eigenvalue weighted by molar-refractivity contribution is -0.134. The smallest absolute Gasteiger partial charge is 0.340 e. The van der Waals surface area contributed by atoms with Crippen molar-refractivity contribution in [1.82, 2.24) is 0 Å². The molecule has 8 nitrogen and oxygen atoms in total. The number of ketones is 2. The first-order valence-corrected chi connectivity index (χ1v) is 16.3. The average Bonchev–Trinajstić information content (AvgIpc) is 3.01. The minimum absolute atomic E-state index is 0.0127. The summed E-state index contributed by atoms with van der Waals surface area (Å²) in [6.07, 6.45) is 9.34. The van der Waals surface area contributed by atoms with Gasteiger partial charge in [-0.3, -0.25) is 14.4 Å². The number of phenols is 2. The van der Waals surface area contributed by atoms with E-state index in [0.29, 0.717) is 29.8 Å². The molecule has 0 bridgehead atoms. The second-order valence-corrected chi connectivity index (χ2v) is 11.5. The highest BCUT2D eigenvalue weighted by Crippen LogP contribution is 2.46. The highest BCUT2D eigenvalue weighted by Gasteiger charge is 2.36. The number of unbranched alkanes of at least 4 members (excludes halogenated alkanes) is 9. The fourth-order valence-corrected chi connectivity index (χ4v) is 5.01. The van der Waals surface area contributed by atoms with Crippen LogP contribution in [0.25, 0.3) is 0 Å². The largest absolute Gasteiger partial charge is 0.504 e. The van der Waals surface area contributed by atoms with Gasteiger partial charge in [-0.05, 0) is 37.0 Å². The van der Waals surface area contributed by atoms with Crippen molar-refractivity contribution in [2.45, 2.75) is 124 Å². The van der Waals surface area contributed by atoms with Gasteiger partial charge in [0.05, 0.1) is 16.7 Å².